The monoisotopic (exact) mass is 397 g/mol. The minimum Gasteiger partial charge on any atom is -0.493 e. The van der Waals surface area contributed by atoms with Gasteiger partial charge in [0.25, 0.3) is 0 Å². The molecule has 1 aromatic carbocycles. The van der Waals surface area contributed by atoms with Crippen LogP contribution in [0.1, 0.15) is 10.4 Å². The molecule has 1 aliphatic heterocycles. The Balaban J connectivity index is 1.57. The Morgan fingerprint density at radius 2 is 1.69 bits per heavy atom. The lowest BCUT2D eigenvalue weighted by atomic mass is 10.1. The molecule has 0 atom stereocenters. The van der Waals surface area contributed by atoms with Crippen molar-refractivity contribution < 1.29 is 19.1 Å². The molecule has 1 aliphatic rings. The SMILES string of the molecule is COc1ccc(C(=O)/C=C/C(=O)N2CCN(c3ccc(=O)[nH]c3)CC2)cc1OC. The predicted molar refractivity (Wildman–Crippen MR) is 109 cm³/mol. The topological polar surface area (TPSA) is 91.9 Å². The molecule has 0 spiro atoms. The summed E-state index contributed by atoms with van der Waals surface area (Å²) in [4.78, 5) is 42.4. The average Bonchev–Trinajstić information content (AvgIpc) is 2.77. The molecule has 8 nitrogen and oxygen atoms in total. The minimum absolute atomic E-state index is 0.146. The Labute approximate surface area is 168 Å². The van der Waals surface area contributed by atoms with Crippen LogP contribution in [0.3, 0.4) is 0 Å². The van der Waals surface area contributed by atoms with E-state index >= 15 is 0 Å². The first-order valence-corrected chi connectivity index (χ1v) is 9.19. The summed E-state index contributed by atoms with van der Waals surface area (Å²) in [7, 11) is 3.02. The maximum Gasteiger partial charge on any atom is 0.248 e. The smallest absolute Gasteiger partial charge is 0.248 e. The first-order valence-electron chi connectivity index (χ1n) is 9.19. The third kappa shape index (κ3) is 4.84. The Kier molecular flexibility index (Phi) is 6.33. The zero-order chi connectivity index (χ0) is 20.8. The molecule has 152 valence electrons. The van der Waals surface area contributed by atoms with E-state index < -0.39 is 0 Å². The van der Waals surface area contributed by atoms with Crippen LogP contribution >= 0.6 is 0 Å². The van der Waals surface area contributed by atoms with E-state index in [0.29, 0.717) is 43.2 Å². The van der Waals surface area contributed by atoms with Crippen molar-refractivity contribution in [3.63, 3.8) is 0 Å². The molecule has 0 bridgehead atoms. The molecule has 0 radical (unpaired) electrons. The fourth-order valence-corrected chi connectivity index (χ4v) is 3.12. The average molecular weight is 397 g/mol. The number of aromatic amines is 1. The van der Waals surface area contributed by atoms with Crippen molar-refractivity contribution in [3.8, 4) is 11.5 Å². The normalized spacial score (nSPS) is 14.1. The lowest BCUT2D eigenvalue weighted by Gasteiger charge is -2.35. The van der Waals surface area contributed by atoms with Gasteiger partial charge in [-0.3, -0.25) is 14.4 Å². The number of nitrogens with zero attached hydrogens (tertiary/aromatic N) is 2. The molecule has 1 fully saturated rings. The largest absolute Gasteiger partial charge is 0.493 e. The van der Waals surface area contributed by atoms with Crippen molar-refractivity contribution >= 4 is 17.4 Å². The minimum atomic E-state index is -0.286. The molecule has 1 saturated heterocycles. The van der Waals surface area contributed by atoms with E-state index in [2.05, 4.69) is 9.88 Å². The number of anilines is 1. The number of H-pyrrole nitrogens is 1. The number of pyridine rings is 1. The number of carbonyl (C=O) groups excluding carboxylic acids is 2. The second-order valence-corrected chi connectivity index (χ2v) is 6.49. The number of ether oxygens (including phenoxy) is 2. The van der Waals surface area contributed by atoms with Gasteiger partial charge in [-0.25, -0.2) is 0 Å². The molecule has 8 heteroatoms. The van der Waals surface area contributed by atoms with Crippen LogP contribution in [0.25, 0.3) is 0 Å². The van der Waals surface area contributed by atoms with Crippen LogP contribution in [-0.2, 0) is 4.79 Å². The fourth-order valence-electron chi connectivity index (χ4n) is 3.12. The number of ketones is 1. The van der Waals surface area contributed by atoms with E-state index in [9.17, 15) is 14.4 Å². The van der Waals surface area contributed by atoms with Gasteiger partial charge in [0.2, 0.25) is 11.5 Å². The second-order valence-electron chi connectivity index (χ2n) is 6.49. The van der Waals surface area contributed by atoms with Crippen molar-refractivity contribution in [2.45, 2.75) is 0 Å². The zero-order valence-corrected chi connectivity index (χ0v) is 16.4. The molecule has 0 unspecified atom stereocenters. The quantitative estimate of drug-likeness (QED) is 0.586. The van der Waals surface area contributed by atoms with Gasteiger partial charge >= 0.3 is 0 Å². The van der Waals surface area contributed by atoms with Crippen LogP contribution < -0.4 is 19.9 Å². The molecule has 3 rings (SSSR count). The maximum absolute atomic E-state index is 12.4. The summed E-state index contributed by atoms with van der Waals surface area (Å²) in [6, 6.07) is 8.10. The summed E-state index contributed by atoms with van der Waals surface area (Å²) in [6.45, 7) is 2.37. The van der Waals surface area contributed by atoms with Crippen LogP contribution in [0.5, 0.6) is 11.5 Å². The van der Waals surface area contributed by atoms with Gasteiger partial charge in [0, 0.05) is 50.1 Å². The summed E-state index contributed by atoms with van der Waals surface area (Å²) >= 11 is 0. The van der Waals surface area contributed by atoms with Gasteiger partial charge in [0.05, 0.1) is 19.9 Å². The highest BCUT2D eigenvalue weighted by atomic mass is 16.5. The number of hydrogen-bond donors (Lipinski definition) is 1. The highest BCUT2D eigenvalue weighted by molar-refractivity contribution is 6.07. The zero-order valence-electron chi connectivity index (χ0n) is 16.4. The van der Waals surface area contributed by atoms with E-state index in [1.165, 1.54) is 32.4 Å². The molecular weight excluding hydrogens is 374 g/mol. The van der Waals surface area contributed by atoms with Crippen LogP contribution in [0.4, 0.5) is 5.69 Å². The molecular formula is C21H23N3O5. The summed E-state index contributed by atoms with van der Waals surface area (Å²) in [5.41, 5.74) is 1.18. The maximum atomic E-state index is 12.4. The summed E-state index contributed by atoms with van der Waals surface area (Å²) in [6.07, 6.45) is 4.24. The van der Waals surface area contributed by atoms with Gasteiger partial charge in [-0.1, -0.05) is 0 Å². The number of rotatable bonds is 6. The van der Waals surface area contributed by atoms with E-state index in [4.69, 9.17) is 9.47 Å². The van der Waals surface area contributed by atoms with Gasteiger partial charge in [-0.05, 0) is 30.3 Å². The molecule has 2 heterocycles. The van der Waals surface area contributed by atoms with Crippen LogP contribution in [0.2, 0.25) is 0 Å². The molecule has 1 amide bonds. The van der Waals surface area contributed by atoms with Crippen LogP contribution in [0, 0.1) is 0 Å². The number of piperazine rings is 1. The van der Waals surface area contributed by atoms with Gasteiger partial charge < -0.3 is 24.3 Å². The highest BCUT2D eigenvalue weighted by Crippen LogP contribution is 2.27. The third-order valence-electron chi connectivity index (χ3n) is 4.77. The third-order valence-corrected chi connectivity index (χ3v) is 4.77. The van der Waals surface area contributed by atoms with Crippen molar-refractivity contribution in [1.29, 1.82) is 0 Å². The number of nitrogens with one attached hydrogen (secondary N) is 1. The second kappa shape index (κ2) is 9.09. The number of methoxy groups -OCH3 is 2. The van der Waals surface area contributed by atoms with E-state index in [0.717, 1.165) is 5.69 Å². The molecule has 29 heavy (non-hydrogen) atoms. The van der Waals surface area contributed by atoms with Crippen molar-refractivity contribution in [2.75, 3.05) is 45.3 Å². The molecule has 0 aliphatic carbocycles. The number of hydrogen-bond acceptors (Lipinski definition) is 6. The number of allylic oxidation sites excluding steroid dienone is 1. The summed E-state index contributed by atoms with van der Waals surface area (Å²) in [5.74, 6) is 0.493. The van der Waals surface area contributed by atoms with Gasteiger partial charge in [-0.15, -0.1) is 0 Å². The first kappa shape index (κ1) is 20.2. The van der Waals surface area contributed by atoms with Gasteiger partial charge in [0.1, 0.15) is 0 Å². The van der Waals surface area contributed by atoms with Gasteiger partial charge in [0.15, 0.2) is 17.3 Å². The Bertz CT molecular complexity index is 954. The number of amides is 1. The first-order chi connectivity index (χ1) is 14.0. The number of carbonyl (C=O) groups is 2. The number of aromatic nitrogens is 1. The fraction of sp³-hybridized carbons (Fsp3) is 0.286. The lowest BCUT2D eigenvalue weighted by molar-refractivity contribution is -0.126. The molecule has 2 aromatic rings. The van der Waals surface area contributed by atoms with E-state index in [1.54, 1.807) is 35.4 Å². The van der Waals surface area contributed by atoms with Crippen molar-refractivity contribution in [3.05, 3.63) is 64.6 Å². The number of benzene rings is 1. The van der Waals surface area contributed by atoms with E-state index in [-0.39, 0.29) is 17.2 Å². The van der Waals surface area contributed by atoms with Crippen molar-refractivity contribution in [2.24, 2.45) is 0 Å². The summed E-state index contributed by atoms with van der Waals surface area (Å²) < 4.78 is 10.4. The standard InChI is InChI=1S/C21H23N3O5/c1-28-18-6-3-15(13-19(18)29-2)17(25)5-8-21(27)24-11-9-23(10-12-24)16-4-7-20(26)22-14-16/h3-8,13-14H,9-12H2,1-2H3,(H,22,26)/b8-5+. The highest BCUT2D eigenvalue weighted by Gasteiger charge is 2.20. The molecule has 1 N–H and O–H groups in total. The van der Waals surface area contributed by atoms with Gasteiger partial charge in [-0.2, -0.15) is 0 Å². The van der Waals surface area contributed by atoms with Crippen LogP contribution in [0.15, 0.2) is 53.5 Å². The Morgan fingerprint density at radius 1 is 0.966 bits per heavy atom. The molecule has 0 saturated carbocycles. The Hall–Kier alpha value is -3.55. The molecule has 1 aromatic heterocycles. The lowest BCUT2D eigenvalue weighted by Crippen LogP contribution is -2.48. The van der Waals surface area contributed by atoms with Crippen molar-refractivity contribution in [1.82, 2.24) is 9.88 Å². The summed E-state index contributed by atoms with van der Waals surface area (Å²) in [5, 5.41) is 0. The predicted octanol–water partition coefficient (Wildman–Crippen LogP) is 1.48. The van der Waals surface area contributed by atoms with Crippen LogP contribution in [-0.4, -0.2) is 62.0 Å². The van der Waals surface area contributed by atoms with E-state index in [1.807, 2.05) is 0 Å². The Morgan fingerprint density at radius 3 is 2.31 bits per heavy atom.